The van der Waals surface area contributed by atoms with Crippen molar-refractivity contribution in [3.05, 3.63) is 59.2 Å². The van der Waals surface area contributed by atoms with Gasteiger partial charge in [0.05, 0.1) is 18.8 Å². The Morgan fingerprint density at radius 3 is 2.84 bits per heavy atom. The van der Waals surface area contributed by atoms with Crippen LogP contribution in [0.1, 0.15) is 49.3 Å². The number of thioether (sulfide) groups is 1. The number of aliphatic hydroxyl groups excluding tert-OH is 2. The Labute approximate surface area is 229 Å². The van der Waals surface area contributed by atoms with Crippen LogP contribution < -0.4 is 20.7 Å². The zero-order valence-corrected chi connectivity index (χ0v) is 23.1. The van der Waals surface area contributed by atoms with Crippen molar-refractivity contribution < 1.29 is 24.1 Å². The Kier molecular flexibility index (Phi) is 12.8. The highest BCUT2D eigenvalue weighted by Crippen LogP contribution is 2.21. The van der Waals surface area contributed by atoms with Crippen molar-refractivity contribution in [1.82, 2.24) is 20.9 Å². The van der Waals surface area contributed by atoms with Gasteiger partial charge in [-0.15, -0.1) is 0 Å². The molecule has 2 unspecified atom stereocenters. The van der Waals surface area contributed by atoms with Crippen LogP contribution in [0.5, 0.6) is 5.75 Å². The third-order valence-corrected chi connectivity index (χ3v) is 7.30. The van der Waals surface area contributed by atoms with Crippen molar-refractivity contribution in [3.63, 3.8) is 0 Å². The fraction of sp³-hybridized carbons (Fsp3) is 0.571. The van der Waals surface area contributed by atoms with Crippen LogP contribution in [0.2, 0.25) is 0 Å². The molecule has 2 aromatic rings. The molecule has 0 radical (unpaired) electrons. The van der Waals surface area contributed by atoms with Crippen LogP contribution in [0, 0.1) is 5.82 Å². The molecule has 0 saturated heterocycles. The van der Waals surface area contributed by atoms with Crippen molar-refractivity contribution in [2.45, 2.75) is 76.4 Å². The molecule has 0 saturated carbocycles. The van der Waals surface area contributed by atoms with Gasteiger partial charge in [0.25, 0.3) is 0 Å². The molecule has 210 valence electrons. The number of nitrogens with one attached hydrogen (secondary N) is 3. The number of nitrogens with zero attached hydrogens (tertiary/aromatic N) is 1. The number of amides is 1. The summed E-state index contributed by atoms with van der Waals surface area (Å²) in [5.41, 5.74) is 2.82. The van der Waals surface area contributed by atoms with Crippen LogP contribution in [0.15, 0.2) is 36.7 Å². The van der Waals surface area contributed by atoms with E-state index >= 15 is 0 Å². The zero-order valence-electron chi connectivity index (χ0n) is 22.3. The number of fused-ring (bicyclic) bond motifs is 13. The molecule has 0 aliphatic carbocycles. The molecule has 1 aromatic heterocycles. The normalized spacial score (nSPS) is 22.0. The lowest BCUT2D eigenvalue weighted by Crippen LogP contribution is -2.57. The first-order valence-corrected chi connectivity index (χ1v) is 14.7. The summed E-state index contributed by atoms with van der Waals surface area (Å²) in [6.45, 7) is 3.15. The van der Waals surface area contributed by atoms with E-state index in [4.69, 9.17) is 4.74 Å². The molecule has 5 N–H and O–H groups in total. The highest BCUT2D eigenvalue weighted by molar-refractivity contribution is 7.98. The van der Waals surface area contributed by atoms with E-state index in [0.717, 1.165) is 23.3 Å². The van der Waals surface area contributed by atoms with Crippen LogP contribution in [-0.2, 0) is 24.2 Å². The molecule has 38 heavy (non-hydrogen) atoms. The lowest BCUT2D eigenvalue weighted by atomic mass is 9.99. The first-order valence-electron chi connectivity index (χ1n) is 13.3. The highest BCUT2D eigenvalue weighted by atomic mass is 32.2. The lowest BCUT2D eigenvalue weighted by molar-refractivity contribution is -0.123. The number of carbonyl (C=O) groups excluding carboxylic acids is 1. The van der Waals surface area contributed by atoms with Crippen LogP contribution in [0.3, 0.4) is 0 Å². The topological polar surface area (TPSA) is 116 Å². The molecular weight excluding hydrogens is 507 g/mol. The molecular formula is C28H41FN4O4S. The number of ether oxygens (including phenoxy) is 1. The van der Waals surface area contributed by atoms with Gasteiger partial charge in [-0.1, -0.05) is 19.1 Å². The average molecular weight is 549 g/mol. The third kappa shape index (κ3) is 9.81. The van der Waals surface area contributed by atoms with Gasteiger partial charge in [0.2, 0.25) is 5.91 Å². The Morgan fingerprint density at radius 2 is 2.08 bits per heavy atom. The molecule has 2 aliphatic rings. The molecule has 2 aliphatic heterocycles. The molecule has 0 fully saturated rings. The molecule has 3 heterocycles. The van der Waals surface area contributed by atoms with Gasteiger partial charge >= 0.3 is 0 Å². The maximum Gasteiger partial charge on any atom is 0.220 e. The van der Waals surface area contributed by atoms with Gasteiger partial charge in [-0.2, -0.15) is 11.8 Å². The number of pyridine rings is 1. The van der Waals surface area contributed by atoms with Crippen molar-refractivity contribution >= 4 is 17.7 Å². The number of aryl methyl sites for hydroxylation is 1. The predicted octanol–water partition coefficient (Wildman–Crippen LogP) is 2.55. The van der Waals surface area contributed by atoms with Gasteiger partial charge < -0.3 is 25.6 Å². The van der Waals surface area contributed by atoms with E-state index in [-0.39, 0.29) is 31.0 Å². The summed E-state index contributed by atoms with van der Waals surface area (Å²) in [7, 11) is 0. The molecule has 2 bridgehead atoms. The van der Waals surface area contributed by atoms with E-state index in [1.165, 1.54) is 6.07 Å². The lowest BCUT2D eigenvalue weighted by Gasteiger charge is -2.32. The monoisotopic (exact) mass is 548 g/mol. The fourth-order valence-corrected chi connectivity index (χ4v) is 4.91. The molecule has 1 aromatic carbocycles. The number of hydrogen-bond donors (Lipinski definition) is 5. The maximum atomic E-state index is 14.7. The molecule has 8 nitrogen and oxygen atoms in total. The predicted molar refractivity (Wildman–Crippen MR) is 149 cm³/mol. The van der Waals surface area contributed by atoms with E-state index in [2.05, 4.69) is 33.9 Å². The van der Waals surface area contributed by atoms with Crippen molar-refractivity contribution in [1.29, 1.82) is 0 Å². The Bertz CT molecular complexity index is 1010. The third-order valence-electron chi connectivity index (χ3n) is 6.66. The number of aliphatic hydroxyl groups is 2. The molecule has 4 atom stereocenters. The highest BCUT2D eigenvalue weighted by Gasteiger charge is 2.28. The number of hydrogen-bond acceptors (Lipinski definition) is 8. The largest absolute Gasteiger partial charge is 0.491 e. The van der Waals surface area contributed by atoms with Gasteiger partial charge in [0, 0.05) is 37.9 Å². The second kappa shape index (κ2) is 16.0. The van der Waals surface area contributed by atoms with Gasteiger partial charge in [0.1, 0.15) is 6.23 Å². The summed E-state index contributed by atoms with van der Waals surface area (Å²) in [6, 6.07) is 5.73. The average Bonchev–Trinajstić information content (AvgIpc) is 2.91. The maximum absolute atomic E-state index is 14.7. The van der Waals surface area contributed by atoms with Crippen LogP contribution in [0.4, 0.5) is 4.39 Å². The summed E-state index contributed by atoms with van der Waals surface area (Å²) in [4.78, 5) is 16.8. The number of rotatable bonds is 9. The SMILES string of the molecule is CCc1cncc(CNC[C@@H](O)[C@@H]2Cc3ccc(c(F)c3)OCCCCC(=O)NC(CCSC)C(O)N2)c1. The van der Waals surface area contributed by atoms with Crippen molar-refractivity contribution in [2.75, 3.05) is 25.2 Å². The van der Waals surface area contributed by atoms with Crippen LogP contribution >= 0.6 is 11.8 Å². The van der Waals surface area contributed by atoms with Crippen molar-refractivity contribution in [3.8, 4) is 5.75 Å². The minimum Gasteiger partial charge on any atom is -0.491 e. The Balaban J connectivity index is 1.76. The van der Waals surface area contributed by atoms with Gasteiger partial charge in [-0.25, -0.2) is 4.39 Å². The molecule has 0 spiro atoms. The van der Waals surface area contributed by atoms with Crippen LogP contribution in [-0.4, -0.2) is 70.7 Å². The van der Waals surface area contributed by atoms with E-state index < -0.39 is 30.2 Å². The van der Waals surface area contributed by atoms with Gasteiger partial charge in [0.15, 0.2) is 11.6 Å². The second-order valence-electron chi connectivity index (χ2n) is 9.70. The summed E-state index contributed by atoms with van der Waals surface area (Å²) in [6.07, 6.45) is 6.83. The quantitative estimate of drug-likeness (QED) is 0.325. The Morgan fingerprint density at radius 1 is 1.26 bits per heavy atom. The zero-order chi connectivity index (χ0) is 27.3. The van der Waals surface area contributed by atoms with E-state index in [9.17, 15) is 19.4 Å². The number of benzene rings is 1. The number of carbonyl (C=O) groups is 1. The second-order valence-corrected chi connectivity index (χ2v) is 10.7. The number of halogens is 1. The van der Waals surface area contributed by atoms with Gasteiger partial charge in [-0.05, 0) is 72.9 Å². The van der Waals surface area contributed by atoms with E-state index in [0.29, 0.717) is 38.0 Å². The fourth-order valence-electron chi connectivity index (χ4n) is 4.42. The Hall–Kier alpha value is -2.24. The smallest absolute Gasteiger partial charge is 0.220 e. The summed E-state index contributed by atoms with van der Waals surface area (Å²) in [5, 5.41) is 31.6. The van der Waals surface area contributed by atoms with Crippen molar-refractivity contribution in [2.24, 2.45) is 0 Å². The summed E-state index contributed by atoms with van der Waals surface area (Å²) in [5.74, 6) is 0.293. The number of aromatic nitrogens is 1. The molecule has 10 heteroatoms. The summed E-state index contributed by atoms with van der Waals surface area (Å²) >= 11 is 1.63. The summed E-state index contributed by atoms with van der Waals surface area (Å²) < 4.78 is 20.3. The van der Waals surface area contributed by atoms with Gasteiger partial charge in [-0.3, -0.25) is 15.1 Å². The van der Waals surface area contributed by atoms with Crippen LogP contribution in [0.25, 0.3) is 0 Å². The van der Waals surface area contributed by atoms with E-state index in [1.807, 2.05) is 12.5 Å². The standard InChI is InChI=1S/C28H41FN4O4S/c1-3-19-12-21(16-30-15-19)17-31-18-25(34)24-14-20-7-8-26(22(29)13-20)37-10-5-4-6-27(35)32-23(9-11-38-2)28(36)33-24/h7-8,12-13,15-16,23-25,28,31,33-34,36H,3-6,9-11,14,17-18H2,1-2H3,(H,32,35)/t23?,24-,25+,28?/m0/s1. The minimum atomic E-state index is -1.09. The van der Waals surface area contributed by atoms with E-state index in [1.54, 1.807) is 30.1 Å². The first kappa shape index (κ1) is 30.3. The molecule has 4 rings (SSSR count). The molecule has 1 amide bonds. The first-order chi connectivity index (χ1) is 18.4. The minimum absolute atomic E-state index is 0.153.